The highest BCUT2D eigenvalue weighted by molar-refractivity contribution is 5.80. The Labute approximate surface area is 116 Å². The van der Waals surface area contributed by atoms with E-state index in [1.165, 1.54) is 0 Å². The van der Waals surface area contributed by atoms with Crippen molar-refractivity contribution < 1.29 is 8.83 Å². The summed E-state index contributed by atoms with van der Waals surface area (Å²) in [6, 6.07) is 14.9. The minimum Gasteiger partial charge on any atom is -0.463 e. The molecular weight excluding hydrogens is 252 g/mol. The minimum atomic E-state index is 0.727. The van der Waals surface area contributed by atoms with E-state index < -0.39 is 0 Å². The standard InChI is InChI=1S/C16H12N2O2/c1-3-15(19-9-1)11-17-13-5-7-14(8-6-13)18-12-16-4-2-10-20-16/h1-12H. The fraction of sp³-hybridized carbons (Fsp3) is 0. The molecule has 0 amide bonds. The molecule has 1 aromatic carbocycles. The highest BCUT2D eigenvalue weighted by Crippen LogP contribution is 2.18. The van der Waals surface area contributed by atoms with Crippen LogP contribution in [0.2, 0.25) is 0 Å². The molecule has 0 unspecified atom stereocenters. The average molecular weight is 264 g/mol. The van der Waals surface area contributed by atoms with Gasteiger partial charge in [-0.2, -0.15) is 0 Å². The smallest absolute Gasteiger partial charge is 0.144 e. The Balaban J connectivity index is 1.68. The zero-order valence-electron chi connectivity index (χ0n) is 10.6. The molecule has 0 saturated heterocycles. The summed E-state index contributed by atoms with van der Waals surface area (Å²) in [5.74, 6) is 1.45. The van der Waals surface area contributed by atoms with Gasteiger partial charge in [0, 0.05) is 0 Å². The van der Waals surface area contributed by atoms with Crippen LogP contribution in [0.25, 0.3) is 0 Å². The lowest BCUT2D eigenvalue weighted by Gasteiger charge is -1.95. The van der Waals surface area contributed by atoms with Gasteiger partial charge in [-0.15, -0.1) is 0 Å². The molecule has 0 aliphatic rings. The molecule has 3 aromatic rings. The fourth-order valence-corrected chi connectivity index (χ4v) is 1.63. The molecular formula is C16H12N2O2. The molecule has 0 N–H and O–H groups in total. The van der Waals surface area contributed by atoms with E-state index in [0.717, 1.165) is 22.9 Å². The van der Waals surface area contributed by atoms with E-state index in [1.807, 2.05) is 48.5 Å². The molecule has 2 aromatic heterocycles. The van der Waals surface area contributed by atoms with E-state index in [4.69, 9.17) is 8.83 Å². The largest absolute Gasteiger partial charge is 0.463 e. The first-order valence-electron chi connectivity index (χ1n) is 6.15. The van der Waals surface area contributed by atoms with Gasteiger partial charge in [0.15, 0.2) is 0 Å². The number of benzene rings is 1. The number of hydrogen-bond donors (Lipinski definition) is 0. The van der Waals surface area contributed by atoms with Crippen molar-refractivity contribution in [1.29, 1.82) is 0 Å². The summed E-state index contributed by atoms with van der Waals surface area (Å²) in [4.78, 5) is 8.62. The summed E-state index contributed by atoms with van der Waals surface area (Å²) < 4.78 is 10.4. The van der Waals surface area contributed by atoms with Crippen LogP contribution in [0, 0.1) is 0 Å². The molecule has 0 atom stereocenters. The van der Waals surface area contributed by atoms with Crippen LogP contribution in [0.1, 0.15) is 11.5 Å². The Morgan fingerprint density at radius 3 is 1.45 bits per heavy atom. The van der Waals surface area contributed by atoms with Crippen LogP contribution in [-0.2, 0) is 0 Å². The molecule has 98 valence electrons. The van der Waals surface area contributed by atoms with Crippen molar-refractivity contribution in [2.24, 2.45) is 9.98 Å². The summed E-state index contributed by atoms with van der Waals surface area (Å²) in [5, 5.41) is 0. The maximum absolute atomic E-state index is 5.18. The zero-order chi connectivity index (χ0) is 13.6. The molecule has 0 radical (unpaired) electrons. The molecule has 0 saturated carbocycles. The van der Waals surface area contributed by atoms with Crippen LogP contribution >= 0.6 is 0 Å². The Kier molecular flexibility index (Phi) is 3.55. The molecule has 0 aliphatic carbocycles. The van der Waals surface area contributed by atoms with Crippen LogP contribution < -0.4 is 0 Å². The SMILES string of the molecule is C(=Nc1ccc(N=Cc2ccco2)cc1)c1ccco1. The minimum absolute atomic E-state index is 0.727. The van der Waals surface area contributed by atoms with Crippen LogP contribution in [-0.4, -0.2) is 12.4 Å². The van der Waals surface area contributed by atoms with Crippen molar-refractivity contribution in [3.05, 3.63) is 72.6 Å². The van der Waals surface area contributed by atoms with Gasteiger partial charge in [0.25, 0.3) is 0 Å². The molecule has 4 heteroatoms. The summed E-state index contributed by atoms with van der Waals surface area (Å²) in [6.45, 7) is 0. The van der Waals surface area contributed by atoms with Crippen LogP contribution in [0.15, 0.2) is 79.9 Å². The van der Waals surface area contributed by atoms with Gasteiger partial charge >= 0.3 is 0 Å². The number of hydrogen-bond acceptors (Lipinski definition) is 4. The molecule has 0 aliphatic heterocycles. The zero-order valence-corrected chi connectivity index (χ0v) is 10.6. The van der Waals surface area contributed by atoms with Gasteiger partial charge in [0.05, 0.1) is 36.3 Å². The summed E-state index contributed by atoms with van der Waals surface area (Å²) >= 11 is 0. The van der Waals surface area contributed by atoms with Gasteiger partial charge in [-0.1, -0.05) is 0 Å². The second kappa shape index (κ2) is 5.84. The second-order valence-electron chi connectivity index (χ2n) is 4.06. The summed E-state index contributed by atoms with van der Waals surface area (Å²) in [5.41, 5.74) is 1.69. The third-order valence-electron chi connectivity index (χ3n) is 2.62. The second-order valence-corrected chi connectivity index (χ2v) is 4.06. The van der Waals surface area contributed by atoms with Gasteiger partial charge < -0.3 is 8.83 Å². The third-order valence-corrected chi connectivity index (χ3v) is 2.62. The lowest BCUT2D eigenvalue weighted by molar-refractivity contribution is 0.560. The predicted molar refractivity (Wildman–Crippen MR) is 78.4 cm³/mol. The molecule has 4 nitrogen and oxygen atoms in total. The van der Waals surface area contributed by atoms with E-state index in [2.05, 4.69) is 9.98 Å². The fourth-order valence-electron chi connectivity index (χ4n) is 1.63. The first kappa shape index (κ1) is 12.2. The number of rotatable bonds is 4. The predicted octanol–water partition coefficient (Wildman–Crippen LogP) is 4.37. The maximum Gasteiger partial charge on any atom is 0.144 e. The van der Waals surface area contributed by atoms with Crippen molar-refractivity contribution in [2.45, 2.75) is 0 Å². The van der Waals surface area contributed by atoms with Crippen molar-refractivity contribution in [2.75, 3.05) is 0 Å². The normalized spacial score (nSPS) is 11.6. The summed E-state index contributed by atoms with van der Waals surface area (Å²) in [6.07, 6.45) is 6.60. The Morgan fingerprint density at radius 2 is 1.10 bits per heavy atom. The van der Waals surface area contributed by atoms with E-state index in [-0.39, 0.29) is 0 Å². The van der Waals surface area contributed by atoms with Gasteiger partial charge in [0.2, 0.25) is 0 Å². The quantitative estimate of drug-likeness (QED) is 0.657. The van der Waals surface area contributed by atoms with Crippen molar-refractivity contribution in [1.82, 2.24) is 0 Å². The molecule has 3 rings (SSSR count). The van der Waals surface area contributed by atoms with Crippen LogP contribution in [0.4, 0.5) is 11.4 Å². The van der Waals surface area contributed by atoms with Crippen LogP contribution in [0.5, 0.6) is 0 Å². The van der Waals surface area contributed by atoms with Crippen LogP contribution in [0.3, 0.4) is 0 Å². The highest BCUT2D eigenvalue weighted by atomic mass is 16.3. The van der Waals surface area contributed by atoms with Gasteiger partial charge in [-0.3, -0.25) is 9.98 Å². The molecule has 0 bridgehead atoms. The van der Waals surface area contributed by atoms with Gasteiger partial charge in [-0.25, -0.2) is 0 Å². The molecule has 20 heavy (non-hydrogen) atoms. The number of nitrogens with zero attached hydrogens (tertiary/aromatic N) is 2. The average Bonchev–Trinajstić information content (AvgIpc) is 3.17. The number of furan rings is 2. The number of aliphatic imine (C=N–C) groups is 2. The summed E-state index contributed by atoms with van der Waals surface area (Å²) in [7, 11) is 0. The first-order valence-corrected chi connectivity index (χ1v) is 6.15. The molecule has 2 heterocycles. The van der Waals surface area contributed by atoms with E-state index in [0.29, 0.717) is 0 Å². The third kappa shape index (κ3) is 3.11. The topological polar surface area (TPSA) is 51.0 Å². The van der Waals surface area contributed by atoms with Crippen molar-refractivity contribution in [3.63, 3.8) is 0 Å². The lowest BCUT2D eigenvalue weighted by Crippen LogP contribution is -1.75. The van der Waals surface area contributed by atoms with Crippen molar-refractivity contribution in [3.8, 4) is 0 Å². The maximum atomic E-state index is 5.18. The first-order chi connectivity index (χ1) is 9.90. The Morgan fingerprint density at radius 1 is 0.650 bits per heavy atom. The van der Waals surface area contributed by atoms with Gasteiger partial charge in [0.1, 0.15) is 11.5 Å². The lowest BCUT2D eigenvalue weighted by atomic mass is 10.3. The molecule has 0 spiro atoms. The Bertz CT molecular complexity index is 630. The molecule has 0 fully saturated rings. The Hall–Kier alpha value is -2.88. The van der Waals surface area contributed by atoms with Crippen molar-refractivity contribution >= 4 is 23.8 Å². The highest BCUT2D eigenvalue weighted by Gasteiger charge is 1.93. The van der Waals surface area contributed by atoms with E-state index >= 15 is 0 Å². The van der Waals surface area contributed by atoms with Gasteiger partial charge in [-0.05, 0) is 48.5 Å². The monoisotopic (exact) mass is 264 g/mol. The van der Waals surface area contributed by atoms with E-state index in [1.54, 1.807) is 25.0 Å². The van der Waals surface area contributed by atoms with E-state index in [9.17, 15) is 0 Å².